The van der Waals surface area contributed by atoms with E-state index in [2.05, 4.69) is 25.9 Å². The van der Waals surface area contributed by atoms with E-state index in [9.17, 15) is 4.79 Å². The lowest BCUT2D eigenvalue weighted by Gasteiger charge is -2.09. The molecule has 90 valence electrons. The van der Waals surface area contributed by atoms with Crippen LogP contribution in [0.5, 0.6) is 0 Å². The second-order valence-electron chi connectivity index (χ2n) is 3.10. The minimum Gasteiger partial charge on any atom is -0.384 e. The Hall–Kier alpha value is -1.15. The molecule has 0 aliphatic carbocycles. The molecule has 0 aliphatic heterocycles. The molecule has 16 heavy (non-hydrogen) atoms. The van der Waals surface area contributed by atoms with Crippen LogP contribution in [0.2, 0.25) is 0 Å². The fourth-order valence-electron chi connectivity index (χ4n) is 1.01. The molecule has 1 atom stereocenters. The number of methoxy groups -OCH3 is 1. The van der Waals surface area contributed by atoms with Gasteiger partial charge in [-0.3, -0.25) is 4.79 Å². The lowest BCUT2D eigenvalue weighted by Crippen LogP contribution is -2.29. The van der Waals surface area contributed by atoms with Crippen molar-refractivity contribution in [2.45, 2.75) is 13.0 Å². The molecule has 7 nitrogen and oxygen atoms in total. The first-order chi connectivity index (χ1) is 7.74. The van der Waals surface area contributed by atoms with E-state index in [4.69, 9.17) is 4.74 Å². The van der Waals surface area contributed by atoms with Gasteiger partial charge in [-0.05, 0) is 6.92 Å². The van der Waals surface area contributed by atoms with E-state index >= 15 is 0 Å². The number of hydrogen-bond acceptors (Lipinski definition) is 6. The zero-order chi connectivity index (χ0) is 11.8. The van der Waals surface area contributed by atoms with E-state index in [0.717, 1.165) is 5.75 Å². The van der Waals surface area contributed by atoms with Gasteiger partial charge in [0.05, 0.1) is 18.4 Å². The standard InChI is InChI=1S/C8H15N5O2S/c1-6(8-10-12-13-11-8)9-7(14)5-16-4-3-15-2/h6H,3-5H2,1-2H3,(H,9,14)(H,10,11,12,13). The van der Waals surface area contributed by atoms with Crippen LogP contribution in [0.15, 0.2) is 0 Å². The smallest absolute Gasteiger partial charge is 0.230 e. The summed E-state index contributed by atoms with van der Waals surface area (Å²) in [6.45, 7) is 2.46. The van der Waals surface area contributed by atoms with Gasteiger partial charge >= 0.3 is 0 Å². The summed E-state index contributed by atoms with van der Waals surface area (Å²) in [6.07, 6.45) is 0. The van der Waals surface area contributed by atoms with Crippen molar-refractivity contribution in [3.63, 3.8) is 0 Å². The predicted molar refractivity (Wildman–Crippen MR) is 59.9 cm³/mol. The van der Waals surface area contributed by atoms with Crippen LogP contribution in [-0.2, 0) is 9.53 Å². The minimum atomic E-state index is -0.228. The fourth-order valence-corrected chi connectivity index (χ4v) is 1.71. The van der Waals surface area contributed by atoms with Gasteiger partial charge in [-0.15, -0.1) is 22.0 Å². The van der Waals surface area contributed by atoms with Gasteiger partial charge in [0.1, 0.15) is 0 Å². The van der Waals surface area contributed by atoms with Crippen LogP contribution >= 0.6 is 11.8 Å². The number of H-pyrrole nitrogens is 1. The SMILES string of the molecule is COCCSCC(=O)NC(C)c1nn[nH]n1. The molecule has 0 aromatic carbocycles. The summed E-state index contributed by atoms with van der Waals surface area (Å²) in [7, 11) is 1.64. The van der Waals surface area contributed by atoms with Crippen LogP contribution in [-0.4, -0.2) is 51.8 Å². The molecule has 1 amide bonds. The highest BCUT2D eigenvalue weighted by Gasteiger charge is 2.12. The summed E-state index contributed by atoms with van der Waals surface area (Å²) in [6, 6.07) is -0.228. The van der Waals surface area contributed by atoms with Gasteiger partial charge in [0.25, 0.3) is 0 Å². The summed E-state index contributed by atoms with van der Waals surface area (Å²) >= 11 is 1.52. The van der Waals surface area contributed by atoms with E-state index in [1.807, 2.05) is 6.92 Å². The highest BCUT2D eigenvalue weighted by Crippen LogP contribution is 2.05. The molecule has 0 saturated heterocycles. The zero-order valence-electron chi connectivity index (χ0n) is 9.27. The molecule has 0 bridgehead atoms. The number of carbonyl (C=O) groups excluding carboxylic acids is 1. The number of hydrogen-bond donors (Lipinski definition) is 2. The molecule has 1 heterocycles. The van der Waals surface area contributed by atoms with Gasteiger partial charge in [-0.2, -0.15) is 5.21 Å². The Morgan fingerprint density at radius 3 is 3.12 bits per heavy atom. The van der Waals surface area contributed by atoms with Crippen LogP contribution in [0.4, 0.5) is 0 Å². The molecule has 1 aromatic heterocycles. The second-order valence-corrected chi connectivity index (χ2v) is 4.21. The second kappa shape index (κ2) is 7.18. The third kappa shape index (κ3) is 4.58. The first-order valence-electron chi connectivity index (χ1n) is 4.83. The van der Waals surface area contributed by atoms with Crippen LogP contribution in [0.1, 0.15) is 18.8 Å². The van der Waals surface area contributed by atoms with Gasteiger partial charge < -0.3 is 10.1 Å². The summed E-state index contributed by atoms with van der Waals surface area (Å²) in [5.41, 5.74) is 0. The Bertz CT molecular complexity index is 305. The van der Waals surface area contributed by atoms with E-state index < -0.39 is 0 Å². The van der Waals surface area contributed by atoms with Crippen molar-refractivity contribution in [3.05, 3.63) is 5.82 Å². The first kappa shape index (κ1) is 12.9. The maximum atomic E-state index is 11.5. The van der Waals surface area contributed by atoms with Crippen molar-refractivity contribution in [1.82, 2.24) is 25.9 Å². The van der Waals surface area contributed by atoms with Gasteiger partial charge in [-0.1, -0.05) is 5.21 Å². The van der Waals surface area contributed by atoms with Crippen molar-refractivity contribution < 1.29 is 9.53 Å². The number of aromatic amines is 1. The maximum Gasteiger partial charge on any atom is 0.230 e. The monoisotopic (exact) mass is 245 g/mol. The molecular weight excluding hydrogens is 230 g/mol. The molecule has 0 spiro atoms. The molecule has 0 fully saturated rings. The predicted octanol–water partition coefficient (Wildman–Crippen LogP) is -0.243. The topological polar surface area (TPSA) is 92.8 Å². The number of aromatic nitrogens is 4. The Balaban J connectivity index is 2.19. The van der Waals surface area contributed by atoms with Crippen LogP contribution < -0.4 is 5.32 Å². The average Bonchev–Trinajstić information content (AvgIpc) is 2.77. The number of tetrazole rings is 1. The largest absolute Gasteiger partial charge is 0.384 e. The molecule has 0 saturated carbocycles. The first-order valence-corrected chi connectivity index (χ1v) is 5.99. The highest BCUT2D eigenvalue weighted by molar-refractivity contribution is 7.99. The number of nitrogens with zero attached hydrogens (tertiary/aromatic N) is 3. The molecular formula is C8H15N5O2S. The molecule has 1 unspecified atom stereocenters. The third-order valence-corrected chi connectivity index (χ3v) is 2.71. The van der Waals surface area contributed by atoms with Crippen molar-refractivity contribution in [1.29, 1.82) is 0 Å². The molecule has 2 N–H and O–H groups in total. The van der Waals surface area contributed by atoms with Crippen LogP contribution in [0.3, 0.4) is 0 Å². The highest BCUT2D eigenvalue weighted by atomic mass is 32.2. The van der Waals surface area contributed by atoms with Crippen molar-refractivity contribution in [3.8, 4) is 0 Å². The molecule has 8 heteroatoms. The lowest BCUT2D eigenvalue weighted by molar-refractivity contribution is -0.119. The van der Waals surface area contributed by atoms with Crippen molar-refractivity contribution in [2.75, 3.05) is 25.2 Å². The lowest BCUT2D eigenvalue weighted by atomic mass is 10.3. The summed E-state index contributed by atoms with van der Waals surface area (Å²) in [5, 5.41) is 16.1. The van der Waals surface area contributed by atoms with Crippen LogP contribution in [0.25, 0.3) is 0 Å². The maximum absolute atomic E-state index is 11.5. The molecule has 0 aliphatic rings. The Morgan fingerprint density at radius 1 is 1.69 bits per heavy atom. The summed E-state index contributed by atoms with van der Waals surface area (Å²) in [5.74, 6) is 1.65. The fraction of sp³-hybridized carbons (Fsp3) is 0.750. The van der Waals surface area contributed by atoms with E-state index in [0.29, 0.717) is 18.2 Å². The summed E-state index contributed by atoms with van der Waals surface area (Å²) < 4.78 is 4.88. The van der Waals surface area contributed by atoms with E-state index in [-0.39, 0.29) is 11.9 Å². The Kier molecular flexibility index (Phi) is 5.79. The quantitative estimate of drug-likeness (QED) is 0.644. The third-order valence-electron chi connectivity index (χ3n) is 1.79. The number of rotatable bonds is 7. The van der Waals surface area contributed by atoms with Crippen molar-refractivity contribution in [2.24, 2.45) is 0 Å². The summed E-state index contributed by atoms with van der Waals surface area (Å²) in [4.78, 5) is 11.5. The Labute approximate surface area is 97.7 Å². The zero-order valence-corrected chi connectivity index (χ0v) is 10.1. The van der Waals surface area contributed by atoms with Crippen LogP contribution in [0, 0.1) is 0 Å². The number of amides is 1. The number of thioether (sulfide) groups is 1. The number of nitrogens with one attached hydrogen (secondary N) is 2. The van der Waals surface area contributed by atoms with Gasteiger partial charge in [0.15, 0.2) is 5.82 Å². The normalized spacial score (nSPS) is 12.4. The van der Waals surface area contributed by atoms with Gasteiger partial charge in [0, 0.05) is 12.9 Å². The number of ether oxygens (including phenoxy) is 1. The molecule has 1 aromatic rings. The van der Waals surface area contributed by atoms with E-state index in [1.54, 1.807) is 7.11 Å². The minimum absolute atomic E-state index is 0.0431. The van der Waals surface area contributed by atoms with E-state index in [1.165, 1.54) is 11.8 Å². The number of carbonyl (C=O) groups is 1. The van der Waals surface area contributed by atoms with Gasteiger partial charge in [0.2, 0.25) is 5.91 Å². The van der Waals surface area contributed by atoms with Crippen molar-refractivity contribution >= 4 is 17.7 Å². The van der Waals surface area contributed by atoms with Gasteiger partial charge in [-0.25, -0.2) is 0 Å². The Morgan fingerprint density at radius 2 is 2.50 bits per heavy atom. The average molecular weight is 245 g/mol. The molecule has 1 rings (SSSR count). The molecule has 0 radical (unpaired) electrons.